The van der Waals surface area contributed by atoms with Gasteiger partial charge in [0, 0.05) is 24.6 Å². The van der Waals surface area contributed by atoms with Gasteiger partial charge in [-0.3, -0.25) is 4.79 Å². The van der Waals surface area contributed by atoms with E-state index >= 15 is 0 Å². The zero-order chi connectivity index (χ0) is 21.2. The first-order chi connectivity index (χ1) is 15.2. The van der Waals surface area contributed by atoms with Crippen molar-refractivity contribution in [1.29, 1.82) is 0 Å². The maximum atomic E-state index is 12.7. The van der Waals surface area contributed by atoms with Gasteiger partial charge in [0.1, 0.15) is 0 Å². The Morgan fingerprint density at radius 3 is 2.65 bits per heavy atom. The number of nitrogens with zero attached hydrogens (tertiary/aromatic N) is 3. The van der Waals surface area contributed by atoms with E-state index in [1.54, 1.807) is 18.2 Å². The highest BCUT2D eigenvalue weighted by Crippen LogP contribution is 2.31. The molecule has 0 bridgehead atoms. The highest BCUT2D eigenvalue weighted by molar-refractivity contribution is 7.99. The van der Waals surface area contributed by atoms with Gasteiger partial charge in [0.25, 0.3) is 0 Å². The van der Waals surface area contributed by atoms with Gasteiger partial charge in [-0.05, 0) is 35.0 Å². The Kier molecular flexibility index (Phi) is 5.34. The third kappa shape index (κ3) is 4.01. The van der Waals surface area contributed by atoms with Crippen LogP contribution in [0, 0.1) is 0 Å². The van der Waals surface area contributed by atoms with Crippen LogP contribution in [-0.4, -0.2) is 39.5 Å². The van der Waals surface area contributed by atoms with E-state index in [9.17, 15) is 4.79 Å². The molecule has 31 heavy (non-hydrogen) atoms. The second-order valence-electron chi connectivity index (χ2n) is 7.35. The zero-order valence-corrected chi connectivity index (χ0v) is 17.9. The average molecular weight is 432 g/mol. The lowest BCUT2D eigenvalue weighted by atomic mass is 10.1. The number of thioether (sulfide) groups is 1. The van der Waals surface area contributed by atoms with E-state index < -0.39 is 0 Å². The Hall–Kier alpha value is -3.32. The lowest BCUT2D eigenvalue weighted by Crippen LogP contribution is -2.05. The summed E-state index contributed by atoms with van der Waals surface area (Å²) in [6, 6.07) is 19.8. The summed E-state index contributed by atoms with van der Waals surface area (Å²) in [5.74, 6) is 2.37. The summed E-state index contributed by atoms with van der Waals surface area (Å²) >= 11 is 1.38. The minimum absolute atomic E-state index is 0.0101. The van der Waals surface area contributed by atoms with Gasteiger partial charge in [-0.2, -0.15) is 0 Å². The van der Waals surface area contributed by atoms with Crippen molar-refractivity contribution in [3.05, 3.63) is 66.2 Å². The predicted octanol–water partition coefficient (Wildman–Crippen LogP) is 4.77. The first-order valence-electron chi connectivity index (χ1n) is 10.1. The normalized spacial score (nSPS) is 13.2. The van der Waals surface area contributed by atoms with Crippen molar-refractivity contribution in [2.45, 2.75) is 11.6 Å². The van der Waals surface area contributed by atoms with Gasteiger partial charge in [0.15, 0.2) is 28.3 Å². The van der Waals surface area contributed by atoms with E-state index in [1.807, 2.05) is 29.8 Å². The molecule has 0 amide bonds. The predicted molar refractivity (Wildman–Crippen MR) is 121 cm³/mol. The molecule has 0 saturated carbocycles. The van der Waals surface area contributed by atoms with Crippen LogP contribution in [0.15, 0.2) is 65.8 Å². The highest BCUT2D eigenvalue weighted by Gasteiger charge is 2.17. The van der Waals surface area contributed by atoms with Crippen molar-refractivity contribution < 1.29 is 14.3 Å². The molecule has 0 unspecified atom stereocenters. The monoisotopic (exact) mass is 431 g/mol. The van der Waals surface area contributed by atoms with Gasteiger partial charge in [-0.1, -0.05) is 48.2 Å². The van der Waals surface area contributed by atoms with Gasteiger partial charge >= 0.3 is 0 Å². The van der Waals surface area contributed by atoms with E-state index in [4.69, 9.17) is 9.47 Å². The fourth-order valence-corrected chi connectivity index (χ4v) is 4.38. The van der Waals surface area contributed by atoms with Crippen molar-refractivity contribution in [3.8, 4) is 22.9 Å². The molecule has 3 aromatic carbocycles. The number of Topliss-reactive ketones (excluding diaryl/α,β-unsaturated/α-hetero) is 1. The molecule has 0 radical (unpaired) electrons. The van der Waals surface area contributed by atoms with Crippen LogP contribution in [0.1, 0.15) is 16.8 Å². The molecule has 4 aromatic rings. The third-order valence-corrected chi connectivity index (χ3v) is 6.26. The van der Waals surface area contributed by atoms with E-state index in [2.05, 4.69) is 34.5 Å². The van der Waals surface area contributed by atoms with E-state index in [0.717, 1.165) is 23.2 Å². The number of rotatable bonds is 5. The van der Waals surface area contributed by atoms with Crippen molar-refractivity contribution in [3.63, 3.8) is 0 Å². The largest absolute Gasteiger partial charge is 0.490 e. The first-order valence-corrected chi connectivity index (χ1v) is 11.1. The molecule has 1 aliphatic rings. The van der Waals surface area contributed by atoms with E-state index in [1.165, 1.54) is 17.1 Å². The van der Waals surface area contributed by atoms with Crippen LogP contribution in [0.2, 0.25) is 0 Å². The number of fused-ring (bicyclic) bond motifs is 2. The highest BCUT2D eigenvalue weighted by atomic mass is 32.2. The second kappa shape index (κ2) is 8.43. The van der Waals surface area contributed by atoms with Gasteiger partial charge in [-0.15, -0.1) is 10.2 Å². The summed E-state index contributed by atoms with van der Waals surface area (Å²) in [5, 5.41) is 11.7. The second-order valence-corrected chi connectivity index (χ2v) is 8.29. The third-order valence-electron chi connectivity index (χ3n) is 5.24. The maximum Gasteiger partial charge on any atom is 0.191 e. The summed E-state index contributed by atoms with van der Waals surface area (Å²) in [5.41, 5.74) is 1.60. The fourth-order valence-electron chi connectivity index (χ4n) is 3.57. The quantitative estimate of drug-likeness (QED) is 0.335. The molecule has 2 heterocycles. The molecule has 6 nitrogen and oxygen atoms in total. The molecule has 0 N–H and O–H groups in total. The lowest BCUT2D eigenvalue weighted by Gasteiger charge is -2.09. The van der Waals surface area contributed by atoms with Gasteiger partial charge in [-0.25, -0.2) is 0 Å². The molecular weight excluding hydrogens is 410 g/mol. The van der Waals surface area contributed by atoms with Crippen molar-refractivity contribution >= 4 is 28.3 Å². The molecule has 0 aliphatic carbocycles. The SMILES string of the molecule is Cn1c(SCC(=O)c2ccc3c(c2)OCCCO3)nnc1-c1ccc2ccccc2c1. The fraction of sp³-hybridized carbons (Fsp3) is 0.208. The summed E-state index contributed by atoms with van der Waals surface area (Å²) in [7, 11) is 1.92. The van der Waals surface area contributed by atoms with Crippen LogP contribution < -0.4 is 9.47 Å². The number of hydrogen-bond donors (Lipinski definition) is 0. The first kappa shape index (κ1) is 19.6. The Morgan fingerprint density at radius 1 is 0.968 bits per heavy atom. The number of ketones is 1. The number of benzene rings is 3. The van der Waals surface area contributed by atoms with Crippen LogP contribution in [0.25, 0.3) is 22.2 Å². The zero-order valence-electron chi connectivity index (χ0n) is 17.1. The molecule has 1 aromatic heterocycles. The molecule has 0 saturated heterocycles. The van der Waals surface area contributed by atoms with Crippen LogP contribution in [0.5, 0.6) is 11.5 Å². The molecule has 156 valence electrons. The molecule has 5 rings (SSSR count). The van der Waals surface area contributed by atoms with E-state index in [-0.39, 0.29) is 11.5 Å². The van der Waals surface area contributed by atoms with Crippen molar-refractivity contribution in [2.75, 3.05) is 19.0 Å². The van der Waals surface area contributed by atoms with Gasteiger partial charge in [0.2, 0.25) is 0 Å². The molecular formula is C24H21N3O3S. The number of hydrogen-bond acceptors (Lipinski definition) is 6. The molecule has 1 aliphatic heterocycles. The Bertz CT molecular complexity index is 1270. The molecule has 7 heteroatoms. The van der Waals surface area contributed by atoms with Crippen LogP contribution in [0.4, 0.5) is 0 Å². The molecule has 0 atom stereocenters. The number of aromatic nitrogens is 3. The van der Waals surface area contributed by atoms with Crippen LogP contribution in [-0.2, 0) is 7.05 Å². The minimum atomic E-state index is 0.0101. The molecule has 0 spiro atoms. The minimum Gasteiger partial charge on any atom is -0.490 e. The topological polar surface area (TPSA) is 66.2 Å². The van der Waals surface area contributed by atoms with Crippen molar-refractivity contribution in [1.82, 2.24) is 14.8 Å². The summed E-state index contributed by atoms with van der Waals surface area (Å²) in [6.07, 6.45) is 0.833. The number of carbonyl (C=O) groups excluding carboxylic acids is 1. The van der Waals surface area contributed by atoms with Gasteiger partial charge < -0.3 is 14.0 Å². The number of carbonyl (C=O) groups is 1. The Balaban J connectivity index is 1.31. The standard InChI is InChI=1S/C24H21N3O3S/c1-27-23(19-8-7-16-5-2-3-6-17(16)13-19)25-26-24(27)31-15-20(28)18-9-10-21-22(14-18)30-12-4-11-29-21/h2-3,5-10,13-14H,4,11-12,15H2,1H3. The Morgan fingerprint density at radius 2 is 1.77 bits per heavy atom. The Labute approximate surface area is 184 Å². The van der Waals surface area contributed by atoms with Crippen LogP contribution in [0.3, 0.4) is 0 Å². The van der Waals surface area contributed by atoms with Gasteiger partial charge in [0.05, 0.1) is 19.0 Å². The summed E-state index contributed by atoms with van der Waals surface area (Å²) in [6.45, 7) is 1.22. The van der Waals surface area contributed by atoms with Crippen LogP contribution >= 0.6 is 11.8 Å². The summed E-state index contributed by atoms with van der Waals surface area (Å²) < 4.78 is 13.3. The van der Waals surface area contributed by atoms with E-state index in [0.29, 0.717) is 35.4 Å². The smallest absolute Gasteiger partial charge is 0.191 e. The maximum absolute atomic E-state index is 12.7. The number of ether oxygens (including phenoxy) is 2. The lowest BCUT2D eigenvalue weighted by molar-refractivity contribution is 0.102. The van der Waals surface area contributed by atoms with Crippen molar-refractivity contribution in [2.24, 2.45) is 7.05 Å². The molecule has 0 fully saturated rings. The average Bonchev–Trinajstić information content (AvgIpc) is 3.01. The summed E-state index contributed by atoms with van der Waals surface area (Å²) in [4.78, 5) is 12.7.